The van der Waals surface area contributed by atoms with Crippen LogP contribution in [0.1, 0.15) is 16.8 Å². The molecule has 19 heavy (non-hydrogen) atoms. The Morgan fingerprint density at radius 2 is 2.26 bits per heavy atom. The molecule has 6 heteroatoms. The quantitative estimate of drug-likeness (QED) is 0.871. The summed E-state index contributed by atoms with van der Waals surface area (Å²) in [5, 5.41) is 3.05. The second-order valence-electron chi connectivity index (χ2n) is 4.47. The Morgan fingerprint density at radius 1 is 1.53 bits per heavy atom. The van der Waals surface area contributed by atoms with Crippen molar-refractivity contribution in [3.8, 4) is 0 Å². The summed E-state index contributed by atoms with van der Waals surface area (Å²) in [5.74, 6) is 0.274. The van der Waals surface area contributed by atoms with Crippen LogP contribution < -0.4 is 10.2 Å². The Hall–Kier alpha value is -1.26. The Bertz CT molecular complexity index is 519. The van der Waals surface area contributed by atoms with Crippen molar-refractivity contribution in [3.63, 3.8) is 0 Å². The standard InChI is InChI=1S/C13H14Cl2N2O2/c1-16-13(19)10-3-2-9(15)5-11(10)17-7-8(6-14)4-12(17)18/h2-3,5,8H,4,6-7H2,1H3,(H,16,19). The van der Waals surface area contributed by atoms with Gasteiger partial charge < -0.3 is 10.2 Å². The third-order valence-corrected chi connectivity index (χ3v) is 3.82. The van der Waals surface area contributed by atoms with Gasteiger partial charge in [0.2, 0.25) is 5.91 Å². The maximum absolute atomic E-state index is 12.0. The van der Waals surface area contributed by atoms with Gasteiger partial charge >= 0.3 is 0 Å². The van der Waals surface area contributed by atoms with Gasteiger partial charge in [0.1, 0.15) is 0 Å². The molecule has 1 fully saturated rings. The lowest BCUT2D eigenvalue weighted by atomic mass is 10.1. The number of halogens is 2. The summed E-state index contributed by atoms with van der Waals surface area (Å²) < 4.78 is 0. The molecular formula is C13H14Cl2N2O2. The predicted molar refractivity (Wildman–Crippen MR) is 76.0 cm³/mol. The molecule has 0 saturated carbocycles. The minimum atomic E-state index is -0.242. The van der Waals surface area contributed by atoms with Crippen molar-refractivity contribution in [2.24, 2.45) is 5.92 Å². The number of alkyl halides is 1. The van der Waals surface area contributed by atoms with Gasteiger partial charge in [-0.1, -0.05) is 11.6 Å². The largest absolute Gasteiger partial charge is 0.355 e. The molecule has 0 radical (unpaired) electrons. The lowest BCUT2D eigenvalue weighted by Crippen LogP contribution is -2.29. The van der Waals surface area contributed by atoms with Crippen LogP contribution in [0.5, 0.6) is 0 Å². The predicted octanol–water partition coefficient (Wildman–Crippen LogP) is 2.29. The molecule has 1 aromatic rings. The zero-order chi connectivity index (χ0) is 14.0. The molecule has 1 saturated heterocycles. The molecule has 1 aliphatic heterocycles. The molecule has 1 aliphatic rings. The van der Waals surface area contributed by atoms with Gasteiger partial charge in [0.05, 0.1) is 11.3 Å². The average molecular weight is 301 g/mol. The van der Waals surface area contributed by atoms with Gasteiger partial charge in [-0.2, -0.15) is 0 Å². The van der Waals surface area contributed by atoms with E-state index < -0.39 is 0 Å². The molecule has 0 bridgehead atoms. The maximum atomic E-state index is 12.0. The van der Waals surface area contributed by atoms with Crippen molar-refractivity contribution in [1.29, 1.82) is 0 Å². The molecule has 2 amide bonds. The number of benzene rings is 1. The molecule has 1 unspecified atom stereocenters. The molecule has 0 aliphatic carbocycles. The number of rotatable bonds is 3. The van der Waals surface area contributed by atoms with Gasteiger partial charge in [-0.15, -0.1) is 11.6 Å². The fraction of sp³-hybridized carbons (Fsp3) is 0.385. The summed E-state index contributed by atoms with van der Waals surface area (Å²) in [7, 11) is 1.55. The van der Waals surface area contributed by atoms with Gasteiger partial charge in [0, 0.05) is 30.9 Å². The van der Waals surface area contributed by atoms with Gasteiger partial charge in [0.15, 0.2) is 0 Å². The molecule has 102 valence electrons. The van der Waals surface area contributed by atoms with E-state index in [1.54, 1.807) is 30.1 Å². The first-order valence-electron chi connectivity index (χ1n) is 5.94. The van der Waals surface area contributed by atoms with Crippen molar-refractivity contribution >= 4 is 40.7 Å². The fourth-order valence-electron chi connectivity index (χ4n) is 2.17. The smallest absolute Gasteiger partial charge is 0.253 e. The summed E-state index contributed by atoms with van der Waals surface area (Å²) in [4.78, 5) is 25.4. The molecule has 1 N–H and O–H groups in total. The highest BCUT2D eigenvalue weighted by Crippen LogP contribution is 2.31. The van der Waals surface area contributed by atoms with E-state index in [1.807, 2.05) is 0 Å². The normalized spacial score (nSPS) is 18.8. The van der Waals surface area contributed by atoms with E-state index in [9.17, 15) is 9.59 Å². The van der Waals surface area contributed by atoms with Crippen LogP contribution in [0.25, 0.3) is 0 Å². The number of anilines is 1. The van der Waals surface area contributed by atoms with Crippen LogP contribution in [0.2, 0.25) is 5.02 Å². The van der Waals surface area contributed by atoms with Crippen LogP contribution in [-0.2, 0) is 4.79 Å². The number of carbonyl (C=O) groups excluding carboxylic acids is 2. The number of hydrogen-bond acceptors (Lipinski definition) is 2. The third kappa shape index (κ3) is 2.85. The van der Waals surface area contributed by atoms with Crippen molar-refractivity contribution in [3.05, 3.63) is 28.8 Å². The summed E-state index contributed by atoms with van der Waals surface area (Å²) in [6, 6.07) is 4.90. The molecule has 0 spiro atoms. The highest BCUT2D eigenvalue weighted by atomic mass is 35.5. The van der Waals surface area contributed by atoms with Crippen LogP contribution in [0.15, 0.2) is 18.2 Å². The lowest BCUT2D eigenvalue weighted by molar-refractivity contribution is -0.117. The van der Waals surface area contributed by atoms with Crippen LogP contribution in [0.4, 0.5) is 5.69 Å². The maximum Gasteiger partial charge on any atom is 0.253 e. The van der Waals surface area contributed by atoms with E-state index in [4.69, 9.17) is 23.2 Å². The van der Waals surface area contributed by atoms with E-state index in [1.165, 1.54) is 0 Å². The molecule has 4 nitrogen and oxygen atoms in total. The second kappa shape index (κ2) is 5.80. The molecular weight excluding hydrogens is 287 g/mol. The lowest BCUT2D eigenvalue weighted by Gasteiger charge is -2.20. The number of carbonyl (C=O) groups is 2. The minimum Gasteiger partial charge on any atom is -0.355 e. The topological polar surface area (TPSA) is 49.4 Å². The Balaban J connectivity index is 2.41. The minimum absolute atomic E-state index is 0.0296. The Kier molecular flexibility index (Phi) is 4.32. The Labute approximate surface area is 121 Å². The number of amides is 2. The number of hydrogen-bond donors (Lipinski definition) is 1. The highest BCUT2D eigenvalue weighted by molar-refractivity contribution is 6.31. The summed E-state index contributed by atoms with van der Waals surface area (Å²) in [6.07, 6.45) is 0.406. The Morgan fingerprint density at radius 3 is 2.84 bits per heavy atom. The van der Waals surface area contributed by atoms with E-state index in [0.29, 0.717) is 35.1 Å². The molecule has 1 aromatic carbocycles. The van der Waals surface area contributed by atoms with E-state index in [0.717, 1.165) is 0 Å². The summed E-state index contributed by atoms with van der Waals surface area (Å²) in [6.45, 7) is 0.521. The summed E-state index contributed by atoms with van der Waals surface area (Å²) in [5.41, 5.74) is 0.986. The molecule has 2 rings (SSSR count). The van der Waals surface area contributed by atoms with Crippen LogP contribution in [-0.4, -0.2) is 31.3 Å². The van der Waals surface area contributed by atoms with Crippen molar-refractivity contribution in [2.45, 2.75) is 6.42 Å². The third-order valence-electron chi connectivity index (χ3n) is 3.15. The van der Waals surface area contributed by atoms with Gasteiger partial charge in [-0.25, -0.2) is 0 Å². The molecule has 0 aromatic heterocycles. The first-order chi connectivity index (χ1) is 9.06. The van der Waals surface area contributed by atoms with Gasteiger partial charge in [-0.05, 0) is 24.1 Å². The number of nitrogens with one attached hydrogen (secondary N) is 1. The van der Waals surface area contributed by atoms with E-state index in [2.05, 4.69) is 5.32 Å². The molecule has 1 atom stereocenters. The van der Waals surface area contributed by atoms with Gasteiger partial charge in [-0.3, -0.25) is 9.59 Å². The SMILES string of the molecule is CNC(=O)c1ccc(Cl)cc1N1CC(CCl)CC1=O. The van der Waals surface area contributed by atoms with Gasteiger partial charge in [0.25, 0.3) is 5.91 Å². The summed E-state index contributed by atoms with van der Waals surface area (Å²) >= 11 is 11.8. The van der Waals surface area contributed by atoms with Crippen LogP contribution in [0.3, 0.4) is 0 Å². The van der Waals surface area contributed by atoms with Crippen molar-refractivity contribution < 1.29 is 9.59 Å². The second-order valence-corrected chi connectivity index (χ2v) is 5.21. The zero-order valence-electron chi connectivity index (χ0n) is 10.5. The van der Waals surface area contributed by atoms with Crippen molar-refractivity contribution in [2.75, 3.05) is 24.4 Å². The van der Waals surface area contributed by atoms with Crippen molar-refractivity contribution in [1.82, 2.24) is 5.32 Å². The first-order valence-corrected chi connectivity index (χ1v) is 6.86. The highest BCUT2D eigenvalue weighted by Gasteiger charge is 2.32. The average Bonchev–Trinajstić information content (AvgIpc) is 2.79. The van der Waals surface area contributed by atoms with E-state index in [-0.39, 0.29) is 17.7 Å². The fourth-order valence-corrected chi connectivity index (χ4v) is 2.55. The molecule has 1 heterocycles. The number of nitrogens with zero attached hydrogens (tertiary/aromatic N) is 1. The van der Waals surface area contributed by atoms with Crippen LogP contribution in [0, 0.1) is 5.92 Å². The first kappa shape index (κ1) is 14.2. The van der Waals surface area contributed by atoms with Crippen LogP contribution >= 0.6 is 23.2 Å². The zero-order valence-corrected chi connectivity index (χ0v) is 12.0. The monoisotopic (exact) mass is 300 g/mol. The van der Waals surface area contributed by atoms with E-state index >= 15 is 0 Å².